The fourth-order valence-corrected chi connectivity index (χ4v) is 4.01. The highest BCUT2D eigenvalue weighted by atomic mass is 32.2. The Morgan fingerprint density at radius 2 is 1.58 bits per heavy atom. The summed E-state index contributed by atoms with van der Waals surface area (Å²) in [7, 11) is 0. The van der Waals surface area contributed by atoms with Gasteiger partial charge in [0.25, 0.3) is 5.91 Å². The lowest BCUT2D eigenvalue weighted by Gasteiger charge is -2.36. The summed E-state index contributed by atoms with van der Waals surface area (Å²) in [6.45, 7) is 3.21. The fourth-order valence-electron chi connectivity index (χ4n) is 3.04. The molecule has 4 rings (SSSR count). The maximum atomic E-state index is 13.1. The molecule has 1 saturated heterocycles. The highest BCUT2D eigenvalue weighted by Gasteiger charge is 2.28. The first-order chi connectivity index (χ1) is 12.7. The van der Waals surface area contributed by atoms with Crippen molar-refractivity contribution in [1.82, 2.24) is 4.90 Å². The van der Waals surface area contributed by atoms with E-state index < -0.39 is 0 Å². The van der Waals surface area contributed by atoms with Crippen LogP contribution in [0.15, 0.2) is 64.5 Å². The molecule has 1 fully saturated rings. The van der Waals surface area contributed by atoms with E-state index in [1.54, 1.807) is 12.1 Å². The van der Waals surface area contributed by atoms with E-state index in [0.717, 1.165) is 42.6 Å². The lowest BCUT2D eigenvalue weighted by Crippen LogP contribution is -2.47. The lowest BCUT2D eigenvalue weighted by atomic mass is 10.2. The van der Waals surface area contributed by atoms with Crippen molar-refractivity contribution in [3.05, 3.63) is 70.9 Å². The van der Waals surface area contributed by atoms with Gasteiger partial charge in [0.05, 0.1) is 4.91 Å². The van der Waals surface area contributed by atoms with Crippen LogP contribution in [-0.2, 0) is 4.79 Å². The number of carbonyl (C=O) groups excluding carboxylic acids is 1. The molecule has 0 bridgehead atoms. The monoisotopic (exact) mass is 367 g/mol. The molecule has 0 spiro atoms. The second kappa shape index (κ2) is 7.33. The Kier molecular flexibility index (Phi) is 4.75. The number of thioether (sulfide) groups is 1. The largest absolute Gasteiger partial charge is 0.368 e. The zero-order valence-corrected chi connectivity index (χ0v) is 15.0. The van der Waals surface area contributed by atoms with E-state index in [2.05, 4.69) is 14.8 Å². The van der Waals surface area contributed by atoms with E-state index in [1.807, 2.05) is 36.4 Å². The van der Waals surface area contributed by atoms with Crippen LogP contribution < -0.4 is 4.90 Å². The average Bonchev–Trinajstić information content (AvgIpc) is 3.04. The Morgan fingerprint density at radius 3 is 2.27 bits per heavy atom. The number of piperazine rings is 1. The summed E-state index contributed by atoms with van der Waals surface area (Å²) in [5.41, 5.74) is 2.02. The van der Waals surface area contributed by atoms with Gasteiger partial charge in [0, 0.05) is 31.9 Å². The molecule has 2 aromatic rings. The van der Waals surface area contributed by atoms with Crippen molar-refractivity contribution in [2.75, 3.05) is 31.1 Å². The number of hydrogen-bond acceptors (Lipinski definition) is 4. The van der Waals surface area contributed by atoms with Crippen LogP contribution in [0.3, 0.4) is 0 Å². The zero-order chi connectivity index (χ0) is 17.9. The van der Waals surface area contributed by atoms with Crippen molar-refractivity contribution in [2.24, 2.45) is 4.99 Å². The summed E-state index contributed by atoms with van der Waals surface area (Å²) in [5.74, 6) is -0.393. The van der Waals surface area contributed by atoms with Crippen LogP contribution in [0.4, 0.5) is 10.1 Å². The van der Waals surface area contributed by atoms with E-state index in [-0.39, 0.29) is 11.7 Å². The van der Waals surface area contributed by atoms with Crippen LogP contribution in [0, 0.1) is 5.82 Å². The van der Waals surface area contributed by atoms with Crippen LogP contribution in [-0.4, -0.2) is 42.2 Å². The molecular formula is C20H18FN3OS. The van der Waals surface area contributed by atoms with Crippen molar-refractivity contribution in [3.8, 4) is 0 Å². The lowest BCUT2D eigenvalue weighted by molar-refractivity contribution is -0.113. The summed E-state index contributed by atoms with van der Waals surface area (Å²) >= 11 is 1.44. The molecule has 0 saturated carbocycles. The number of hydrogen-bond donors (Lipinski definition) is 0. The number of benzene rings is 2. The van der Waals surface area contributed by atoms with Gasteiger partial charge in [0.15, 0.2) is 5.17 Å². The van der Waals surface area contributed by atoms with Gasteiger partial charge < -0.3 is 9.80 Å². The molecule has 0 aliphatic carbocycles. The molecule has 6 heteroatoms. The summed E-state index contributed by atoms with van der Waals surface area (Å²) in [6.07, 6.45) is 1.89. The van der Waals surface area contributed by atoms with Crippen molar-refractivity contribution >= 4 is 34.6 Å². The minimum absolute atomic E-state index is 0.171. The molecule has 2 aliphatic heterocycles. The molecule has 1 amide bonds. The number of nitrogens with zero attached hydrogens (tertiary/aromatic N) is 3. The second-order valence-corrected chi connectivity index (χ2v) is 7.18. The predicted octanol–water partition coefficient (Wildman–Crippen LogP) is 3.62. The highest BCUT2D eigenvalue weighted by Crippen LogP contribution is 2.31. The van der Waals surface area contributed by atoms with Crippen LogP contribution in [0.25, 0.3) is 6.08 Å². The van der Waals surface area contributed by atoms with Gasteiger partial charge in [-0.25, -0.2) is 4.39 Å². The molecule has 0 N–H and O–H groups in total. The van der Waals surface area contributed by atoms with Crippen molar-refractivity contribution in [2.45, 2.75) is 0 Å². The zero-order valence-electron chi connectivity index (χ0n) is 14.1. The Hall–Kier alpha value is -2.60. The van der Waals surface area contributed by atoms with Crippen LogP contribution in [0.2, 0.25) is 0 Å². The highest BCUT2D eigenvalue weighted by molar-refractivity contribution is 8.18. The third kappa shape index (κ3) is 3.65. The number of rotatable bonds is 2. The molecule has 26 heavy (non-hydrogen) atoms. The van der Waals surface area contributed by atoms with E-state index >= 15 is 0 Å². The normalized spacial score (nSPS) is 19.2. The Labute approximate surface area is 156 Å². The number of anilines is 1. The fraction of sp³-hybridized carbons (Fsp3) is 0.200. The third-order valence-corrected chi connectivity index (χ3v) is 5.49. The first kappa shape index (κ1) is 16.8. The van der Waals surface area contributed by atoms with Gasteiger partial charge in [-0.2, -0.15) is 4.99 Å². The summed E-state index contributed by atoms with van der Waals surface area (Å²) in [4.78, 5) is 21.5. The Balaban J connectivity index is 1.39. The molecule has 2 aliphatic rings. The molecule has 4 nitrogen and oxygen atoms in total. The van der Waals surface area contributed by atoms with Gasteiger partial charge in [-0.15, -0.1) is 0 Å². The summed E-state index contributed by atoms with van der Waals surface area (Å²) in [6, 6.07) is 16.4. The Bertz CT molecular complexity index is 856. The molecular weight excluding hydrogens is 349 g/mol. The maximum absolute atomic E-state index is 13.1. The number of amidine groups is 1. The Morgan fingerprint density at radius 1 is 0.923 bits per heavy atom. The van der Waals surface area contributed by atoms with Gasteiger partial charge >= 0.3 is 0 Å². The molecule has 2 aromatic carbocycles. The topological polar surface area (TPSA) is 35.9 Å². The number of amides is 1. The molecule has 0 aromatic heterocycles. The predicted molar refractivity (Wildman–Crippen MR) is 105 cm³/mol. The van der Waals surface area contributed by atoms with E-state index in [0.29, 0.717) is 4.91 Å². The van der Waals surface area contributed by atoms with E-state index in [9.17, 15) is 9.18 Å². The quantitative estimate of drug-likeness (QED) is 0.760. The molecule has 0 unspecified atom stereocenters. The van der Waals surface area contributed by atoms with Gasteiger partial charge in [0.1, 0.15) is 5.82 Å². The second-order valence-electron chi connectivity index (χ2n) is 6.17. The van der Waals surface area contributed by atoms with Gasteiger partial charge in [-0.05, 0) is 47.7 Å². The third-order valence-electron chi connectivity index (χ3n) is 4.45. The van der Waals surface area contributed by atoms with Crippen LogP contribution in [0.5, 0.6) is 0 Å². The first-order valence-electron chi connectivity index (χ1n) is 8.52. The number of carbonyl (C=O) groups is 1. The molecule has 0 atom stereocenters. The summed E-state index contributed by atoms with van der Waals surface area (Å²) < 4.78 is 13.1. The first-order valence-corrected chi connectivity index (χ1v) is 9.34. The van der Waals surface area contributed by atoms with Gasteiger partial charge in [-0.1, -0.05) is 30.3 Å². The average molecular weight is 367 g/mol. The van der Waals surface area contributed by atoms with Crippen molar-refractivity contribution < 1.29 is 9.18 Å². The molecule has 132 valence electrons. The number of halogens is 1. The molecule has 2 heterocycles. The van der Waals surface area contributed by atoms with Crippen LogP contribution >= 0.6 is 11.8 Å². The van der Waals surface area contributed by atoms with E-state index in [4.69, 9.17) is 0 Å². The standard InChI is InChI=1S/C20H18FN3OS/c21-16-6-8-17(9-7-16)23-10-12-24(13-11-23)20-22-19(25)18(26-20)14-15-4-2-1-3-5-15/h1-9,14H,10-13H2/b18-14+. The maximum Gasteiger partial charge on any atom is 0.286 e. The van der Waals surface area contributed by atoms with Crippen molar-refractivity contribution in [1.29, 1.82) is 0 Å². The SMILES string of the molecule is O=C1N=C(N2CCN(c3ccc(F)cc3)CC2)S/C1=C/c1ccccc1. The van der Waals surface area contributed by atoms with E-state index in [1.165, 1.54) is 23.9 Å². The van der Waals surface area contributed by atoms with Gasteiger partial charge in [-0.3, -0.25) is 4.79 Å². The van der Waals surface area contributed by atoms with Crippen molar-refractivity contribution in [3.63, 3.8) is 0 Å². The smallest absolute Gasteiger partial charge is 0.286 e. The molecule has 0 radical (unpaired) electrons. The van der Waals surface area contributed by atoms with Crippen LogP contribution in [0.1, 0.15) is 5.56 Å². The summed E-state index contributed by atoms with van der Waals surface area (Å²) in [5, 5.41) is 0.774. The minimum Gasteiger partial charge on any atom is -0.368 e. The minimum atomic E-state index is -0.222. The van der Waals surface area contributed by atoms with Gasteiger partial charge in [0.2, 0.25) is 0 Å². The number of aliphatic imine (C=N–C) groups is 1.